The number of ether oxygens (including phenoxy) is 2. The van der Waals surface area contributed by atoms with Crippen molar-refractivity contribution in [3.8, 4) is 5.75 Å². The number of esters is 1. The molecule has 2 aromatic rings. The van der Waals surface area contributed by atoms with E-state index in [-0.39, 0.29) is 22.8 Å². The first-order chi connectivity index (χ1) is 13.4. The lowest BCUT2D eigenvalue weighted by atomic mass is 10.2. The lowest BCUT2D eigenvalue weighted by Crippen LogP contribution is -2.27. The maximum absolute atomic E-state index is 12.5. The first kappa shape index (κ1) is 20.2. The largest absolute Gasteiger partial charge is 0.457 e. The number of nitrogens with zero attached hydrogens (tertiary/aromatic N) is 1. The van der Waals surface area contributed by atoms with Crippen LogP contribution in [0.5, 0.6) is 5.75 Å². The number of alkyl halides is 2. The number of hydrogen-bond donors (Lipinski definition) is 0. The van der Waals surface area contributed by atoms with Crippen LogP contribution in [-0.4, -0.2) is 38.4 Å². The Morgan fingerprint density at radius 2 is 1.61 bits per heavy atom. The highest BCUT2D eigenvalue weighted by Crippen LogP contribution is 2.21. The minimum Gasteiger partial charge on any atom is -0.457 e. The van der Waals surface area contributed by atoms with Gasteiger partial charge in [-0.3, -0.25) is 0 Å². The number of halogens is 2. The van der Waals surface area contributed by atoms with E-state index in [9.17, 15) is 22.0 Å². The summed E-state index contributed by atoms with van der Waals surface area (Å²) in [6, 6.07) is 11.3. The molecule has 2 aromatic carbocycles. The molecule has 0 aromatic heterocycles. The fourth-order valence-electron chi connectivity index (χ4n) is 2.84. The topological polar surface area (TPSA) is 72.9 Å². The van der Waals surface area contributed by atoms with E-state index in [0.717, 1.165) is 12.8 Å². The van der Waals surface area contributed by atoms with Gasteiger partial charge in [-0.05, 0) is 54.8 Å². The van der Waals surface area contributed by atoms with Crippen molar-refractivity contribution in [1.29, 1.82) is 0 Å². The molecular weight excluding hydrogens is 392 g/mol. The van der Waals surface area contributed by atoms with Crippen molar-refractivity contribution >= 4 is 16.0 Å². The third kappa shape index (κ3) is 4.85. The molecule has 1 saturated heterocycles. The Morgan fingerprint density at radius 3 is 2.18 bits per heavy atom. The lowest BCUT2D eigenvalue weighted by Gasteiger charge is -2.15. The fraction of sp³-hybridized carbons (Fsp3) is 0.316. The summed E-state index contributed by atoms with van der Waals surface area (Å²) >= 11 is 0. The van der Waals surface area contributed by atoms with Crippen molar-refractivity contribution in [1.82, 2.24) is 4.31 Å². The highest BCUT2D eigenvalue weighted by Gasteiger charge is 2.27. The Kier molecular flexibility index (Phi) is 6.25. The monoisotopic (exact) mass is 411 g/mol. The van der Waals surface area contributed by atoms with Gasteiger partial charge < -0.3 is 9.47 Å². The average molecular weight is 411 g/mol. The van der Waals surface area contributed by atoms with Gasteiger partial charge >= 0.3 is 12.6 Å². The summed E-state index contributed by atoms with van der Waals surface area (Å²) in [5, 5.41) is 0. The molecule has 0 amide bonds. The van der Waals surface area contributed by atoms with E-state index in [1.165, 1.54) is 52.8 Å². The van der Waals surface area contributed by atoms with Crippen LogP contribution in [0.4, 0.5) is 8.78 Å². The summed E-state index contributed by atoms with van der Waals surface area (Å²) in [5.74, 6) is -0.599. The maximum Gasteiger partial charge on any atom is 0.387 e. The lowest BCUT2D eigenvalue weighted by molar-refractivity contribution is -0.0498. The summed E-state index contributed by atoms with van der Waals surface area (Å²) in [4.78, 5) is 12.3. The second kappa shape index (κ2) is 8.66. The summed E-state index contributed by atoms with van der Waals surface area (Å²) in [5.41, 5.74) is 0.821. The zero-order chi connectivity index (χ0) is 20.1. The number of rotatable bonds is 7. The molecule has 1 aliphatic heterocycles. The fourth-order valence-corrected chi connectivity index (χ4v) is 4.36. The van der Waals surface area contributed by atoms with Crippen LogP contribution in [0, 0.1) is 0 Å². The Labute approximate surface area is 161 Å². The zero-order valence-electron chi connectivity index (χ0n) is 14.9. The highest BCUT2D eigenvalue weighted by atomic mass is 32.2. The molecule has 1 fully saturated rings. The minimum atomic E-state index is -3.53. The minimum absolute atomic E-state index is 0.0138. The van der Waals surface area contributed by atoms with Gasteiger partial charge in [-0.15, -0.1) is 0 Å². The van der Waals surface area contributed by atoms with Gasteiger partial charge in [0.05, 0.1) is 10.5 Å². The van der Waals surface area contributed by atoms with E-state index in [0.29, 0.717) is 18.7 Å². The Balaban J connectivity index is 1.59. The van der Waals surface area contributed by atoms with Crippen LogP contribution in [0.15, 0.2) is 53.4 Å². The predicted octanol–water partition coefficient (Wildman–Crippen LogP) is 3.43. The van der Waals surface area contributed by atoms with Crippen molar-refractivity contribution in [3.63, 3.8) is 0 Å². The molecule has 28 heavy (non-hydrogen) atoms. The molecule has 0 bridgehead atoms. The van der Waals surface area contributed by atoms with Crippen molar-refractivity contribution in [2.75, 3.05) is 13.1 Å². The summed E-state index contributed by atoms with van der Waals surface area (Å²) in [6.07, 6.45) is 1.69. The molecule has 0 saturated carbocycles. The normalized spacial score (nSPS) is 15.0. The first-order valence-electron chi connectivity index (χ1n) is 8.67. The predicted molar refractivity (Wildman–Crippen MR) is 96.6 cm³/mol. The van der Waals surface area contributed by atoms with E-state index in [2.05, 4.69) is 4.74 Å². The van der Waals surface area contributed by atoms with E-state index < -0.39 is 22.6 Å². The van der Waals surface area contributed by atoms with Crippen LogP contribution < -0.4 is 4.74 Å². The molecular formula is C19H19F2NO5S. The molecule has 0 aliphatic carbocycles. The Bertz CT molecular complexity index is 908. The van der Waals surface area contributed by atoms with Crippen LogP contribution in [0.2, 0.25) is 0 Å². The molecule has 1 heterocycles. The van der Waals surface area contributed by atoms with E-state index in [4.69, 9.17) is 4.74 Å². The molecule has 0 atom stereocenters. The maximum atomic E-state index is 12.5. The Hall–Kier alpha value is -2.52. The molecule has 150 valence electrons. The van der Waals surface area contributed by atoms with Crippen LogP contribution in [0.3, 0.4) is 0 Å². The van der Waals surface area contributed by atoms with E-state index in [1.54, 1.807) is 0 Å². The van der Waals surface area contributed by atoms with E-state index in [1.807, 2.05) is 0 Å². The number of carbonyl (C=O) groups excluding carboxylic acids is 1. The third-order valence-electron chi connectivity index (χ3n) is 4.31. The quantitative estimate of drug-likeness (QED) is 0.653. The summed E-state index contributed by atoms with van der Waals surface area (Å²) in [6.45, 7) is -1.94. The molecule has 0 radical (unpaired) electrons. The smallest absolute Gasteiger partial charge is 0.387 e. The van der Waals surface area contributed by atoms with Crippen LogP contribution in [-0.2, 0) is 21.4 Å². The summed E-state index contributed by atoms with van der Waals surface area (Å²) < 4.78 is 60.0. The molecule has 6 nitrogen and oxygen atoms in total. The van der Waals surface area contributed by atoms with Crippen molar-refractivity contribution < 1.29 is 31.5 Å². The van der Waals surface area contributed by atoms with Crippen molar-refractivity contribution in [2.24, 2.45) is 0 Å². The van der Waals surface area contributed by atoms with Crippen molar-refractivity contribution in [2.45, 2.75) is 31.0 Å². The number of carbonyl (C=O) groups is 1. The van der Waals surface area contributed by atoms with Gasteiger partial charge in [0.1, 0.15) is 12.4 Å². The molecule has 9 heteroatoms. The number of hydrogen-bond acceptors (Lipinski definition) is 5. The third-order valence-corrected chi connectivity index (χ3v) is 6.22. The zero-order valence-corrected chi connectivity index (χ0v) is 15.7. The molecule has 1 aliphatic rings. The van der Waals surface area contributed by atoms with Gasteiger partial charge in [0.25, 0.3) is 0 Å². The SMILES string of the molecule is O=C(OCc1ccc(OC(F)F)cc1)c1ccc(S(=O)(=O)N2CCCC2)cc1. The average Bonchev–Trinajstić information content (AvgIpc) is 3.22. The number of benzene rings is 2. The molecule has 0 unspecified atom stereocenters. The van der Waals surface area contributed by atoms with Gasteiger partial charge in [-0.2, -0.15) is 13.1 Å². The molecule has 0 spiro atoms. The van der Waals surface area contributed by atoms with Crippen LogP contribution in [0.25, 0.3) is 0 Å². The van der Waals surface area contributed by atoms with Crippen molar-refractivity contribution in [3.05, 3.63) is 59.7 Å². The second-order valence-corrected chi connectivity index (χ2v) is 8.17. The van der Waals surface area contributed by atoms with Crippen LogP contribution >= 0.6 is 0 Å². The standard InChI is InChI=1S/C19H19F2NO5S/c20-19(21)27-16-7-3-14(4-8-16)13-26-18(23)15-5-9-17(10-6-15)28(24,25)22-11-1-2-12-22/h3-10,19H,1-2,11-13H2. The van der Waals surface area contributed by atoms with Gasteiger partial charge in [0.15, 0.2) is 0 Å². The van der Waals surface area contributed by atoms with Crippen LogP contribution in [0.1, 0.15) is 28.8 Å². The summed E-state index contributed by atoms with van der Waals surface area (Å²) in [7, 11) is -3.53. The Morgan fingerprint density at radius 1 is 1.00 bits per heavy atom. The molecule has 0 N–H and O–H groups in total. The van der Waals surface area contributed by atoms with E-state index >= 15 is 0 Å². The highest BCUT2D eigenvalue weighted by molar-refractivity contribution is 7.89. The second-order valence-electron chi connectivity index (χ2n) is 6.23. The van der Waals surface area contributed by atoms with Gasteiger partial charge in [0, 0.05) is 13.1 Å². The molecule has 3 rings (SSSR count). The van der Waals surface area contributed by atoms with Gasteiger partial charge in [0.2, 0.25) is 10.0 Å². The first-order valence-corrected chi connectivity index (χ1v) is 10.1. The van der Waals surface area contributed by atoms with Gasteiger partial charge in [-0.25, -0.2) is 13.2 Å². The number of sulfonamides is 1. The van der Waals surface area contributed by atoms with Gasteiger partial charge in [-0.1, -0.05) is 12.1 Å².